The van der Waals surface area contributed by atoms with Crippen LogP contribution in [0, 0.1) is 5.92 Å². The number of halogens is 1. The van der Waals surface area contributed by atoms with E-state index in [0.717, 1.165) is 25.9 Å². The summed E-state index contributed by atoms with van der Waals surface area (Å²) in [5.41, 5.74) is 1.17. The average molecular weight is 355 g/mol. The average Bonchev–Trinajstić information content (AvgIpc) is 2.95. The number of amides is 1. The molecule has 2 atom stereocenters. The molecule has 1 aliphatic rings. The monoisotopic (exact) mass is 354 g/mol. The molecule has 1 saturated heterocycles. The van der Waals surface area contributed by atoms with Gasteiger partial charge in [0, 0.05) is 6.54 Å². The molecule has 1 aliphatic heterocycles. The SMILES string of the molecule is CC(C)C[C@@H](NC(=O)C1CCCN1Cc1ccccc1)C(=O)O.Cl. The smallest absolute Gasteiger partial charge is 0.326 e. The van der Waals surface area contributed by atoms with Crippen LogP contribution in [0.3, 0.4) is 0 Å². The van der Waals surface area contributed by atoms with Crippen molar-refractivity contribution in [1.29, 1.82) is 0 Å². The number of carboxylic acids is 1. The van der Waals surface area contributed by atoms with Gasteiger partial charge in [0.2, 0.25) is 5.91 Å². The molecule has 0 aromatic heterocycles. The van der Waals surface area contributed by atoms with E-state index in [1.807, 2.05) is 44.2 Å². The minimum Gasteiger partial charge on any atom is -0.480 e. The maximum absolute atomic E-state index is 12.5. The van der Waals surface area contributed by atoms with Crippen LogP contribution in [0.15, 0.2) is 30.3 Å². The van der Waals surface area contributed by atoms with Crippen LogP contribution in [0.4, 0.5) is 0 Å². The molecule has 2 N–H and O–H groups in total. The molecule has 0 aliphatic carbocycles. The van der Waals surface area contributed by atoms with Gasteiger partial charge in [-0.3, -0.25) is 9.69 Å². The molecule has 0 spiro atoms. The van der Waals surface area contributed by atoms with Gasteiger partial charge in [0.05, 0.1) is 6.04 Å². The zero-order chi connectivity index (χ0) is 16.8. The lowest BCUT2D eigenvalue weighted by Gasteiger charge is -2.25. The first-order chi connectivity index (χ1) is 11.0. The van der Waals surface area contributed by atoms with E-state index in [4.69, 9.17) is 0 Å². The lowest BCUT2D eigenvalue weighted by Crippen LogP contribution is -2.49. The van der Waals surface area contributed by atoms with Crippen LogP contribution >= 0.6 is 12.4 Å². The molecular formula is C18H27ClN2O3. The Morgan fingerprint density at radius 2 is 1.96 bits per heavy atom. The minimum atomic E-state index is -0.959. The Bertz CT molecular complexity index is 536. The number of aliphatic carboxylic acids is 1. The lowest BCUT2D eigenvalue weighted by molar-refractivity contribution is -0.143. The Labute approximate surface area is 149 Å². The van der Waals surface area contributed by atoms with E-state index in [1.165, 1.54) is 5.56 Å². The maximum atomic E-state index is 12.5. The Kier molecular flexibility index (Phi) is 8.22. The summed E-state index contributed by atoms with van der Waals surface area (Å²) in [7, 11) is 0. The largest absolute Gasteiger partial charge is 0.480 e. The molecule has 1 aromatic rings. The molecule has 24 heavy (non-hydrogen) atoms. The van der Waals surface area contributed by atoms with E-state index in [-0.39, 0.29) is 30.3 Å². The summed E-state index contributed by atoms with van der Waals surface area (Å²) in [5, 5.41) is 12.0. The quantitative estimate of drug-likeness (QED) is 0.789. The topological polar surface area (TPSA) is 69.6 Å². The molecule has 0 saturated carbocycles. The van der Waals surface area contributed by atoms with E-state index in [9.17, 15) is 14.7 Å². The molecule has 1 aromatic carbocycles. The van der Waals surface area contributed by atoms with Crippen molar-refractivity contribution in [3.8, 4) is 0 Å². The number of benzene rings is 1. The Balaban J connectivity index is 0.00000288. The first-order valence-electron chi connectivity index (χ1n) is 8.28. The van der Waals surface area contributed by atoms with Gasteiger partial charge in [-0.1, -0.05) is 44.2 Å². The summed E-state index contributed by atoms with van der Waals surface area (Å²) in [4.78, 5) is 26.0. The molecule has 2 rings (SSSR count). The molecule has 1 heterocycles. The Morgan fingerprint density at radius 3 is 2.54 bits per heavy atom. The first-order valence-corrected chi connectivity index (χ1v) is 8.28. The third kappa shape index (κ3) is 5.80. The highest BCUT2D eigenvalue weighted by Crippen LogP contribution is 2.20. The number of carboxylic acid groups (broad SMARTS) is 1. The van der Waals surface area contributed by atoms with Gasteiger partial charge >= 0.3 is 5.97 Å². The van der Waals surface area contributed by atoms with E-state index < -0.39 is 12.0 Å². The molecule has 5 nitrogen and oxygen atoms in total. The lowest BCUT2D eigenvalue weighted by atomic mass is 10.0. The van der Waals surface area contributed by atoms with Gasteiger partial charge in [-0.05, 0) is 37.3 Å². The van der Waals surface area contributed by atoms with Crippen molar-refractivity contribution in [3.05, 3.63) is 35.9 Å². The van der Waals surface area contributed by atoms with Crippen LogP contribution in [0.25, 0.3) is 0 Å². The normalized spacial score (nSPS) is 18.9. The number of nitrogens with zero attached hydrogens (tertiary/aromatic N) is 1. The van der Waals surface area contributed by atoms with Gasteiger partial charge in [0.1, 0.15) is 6.04 Å². The van der Waals surface area contributed by atoms with Crippen LogP contribution in [-0.2, 0) is 16.1 Å². The zero-order valence-corrected chi connectivity index (χ0v) is 15.1. The van der Waals surface area contributed by atoms with Crippen molar-refractivity contribution in [2.45, 2.75) is 51.7 Å². The summed E-state index contributed by atoms with van der Waals surface area (Å²) < 4.78 is 0. The van der Waals surface area contributed by atoms with Crippen molar-refractivity contribution in [3.63, 3.8) is 0 Å². The number of carbonyl (C=O) groups is 2. The summed E-state index contributed by atoms with van der Waals surface area (Å²) >= 11 is 0. The van der Waals surface area contributed by atoms with Crippen LogP contribution in [0.5, 0.6) is 0 Å². The molecule has 6 heteroatoms. The highest BCUT2D eigenvalue weighted by atomic mass is 35.5. The number of nitrogens with one attached hydrogen (secondary N) is 1. The third-order valence-electron chi connectivity index (χ3n) is 4.22. The van der Waals surface area contributed by atoms with Gasteiger partial charge in [-0.25, -0.2) is 4.79 Å². The van der Waals surface area contributed by atoms with Gasteiger partial charge in [0.15, 0.2) is 0 Å². The Hall–Kier alpha value is -1.59. The summed E-state index contributed by atoms with van der Waals surface area (Å²) in [6, 6.07) is 9.01. The van der Waals surface area contributed by atoms with Crippen LogP contribution in [0.1, 0.15) is 38.7 Å². The van der Waals surface area contributed by atoms with Crippen LogP contribution < -0.4 is 5.32 Å². The van der Waals surface area contributed by atoms with Crippen LogP contribution in [-0.4, -0.2) is 40.5 Å². The maximum Gasteiger partial charge on any atom is 0.326 e. The van der Waals surface area contributed by atoms with Crippen molar-refractivity contribution in [2.24, 2.45) is 5.92 Å². The van der Waals surface area contributed by atoms with Crippen LogP contribution in [0.2, 0.25) is 0 Å². The second kappa shape index (κ2) is 9.64. The van der Waals surface area contributed by atoms with Crippen molar-refractivity contribution < 1.29 is 14.7 Å². The van der Waals surface area contributed by atoms with Crippen molar-refractivity contribution in [1.82, 2.24) is 10.2 Å². The number of hydrogen-bond acceptors (Lipinski definition) is 3. The van der Waals surface area contributed by atoms with E-state index >= 15 is 0 Å². The van der Waals surface area contributed by atoms with E-state index in [0.29, 0.717) is 6.42 Å². The molecule has 134 valence electrons. The second-order valence-corrected chi connectivity index (χ2v) is 6.64. The fraction of sp³-hybridized carbons (Fsp3) is 0.556. The third-order valence-corrected chi connectivity index (χ3v) is 4.22. The standard InChI is InChI=1S/C18H26N2O3.ClH/c1-13(2)11-15(18(22)23)19-17(21)16-9-6-10-20(16)12-14-7-4-3-5-8-14;/h3-5,7-8,13,15-16H,6,9-12H2,1-2H3,(H,19,21)(H,22,23);1H/t15-,16?;/m1./s1. The number of rotatable bonds is 7. The highest BCUT2D eigenvalue weighted by molar-refractivity contribution is 5.87. The summed E-state index contributed by atoms with van der Waals surface area (Å²) in [6.07, 6.45) is 2.20. The van der Waals surface area contributed by atoms with Gasteiger partial charge in [0.25, 0.3) is 0 Å². The number of hydrogen-bond donors (Lipinski definition) is 2. The molecule has 1 unspecified atom stereocenters. The number of likely N-dealkylation sites (tertiary alicyclic amines) is 1. The van der Waals surface area contributed by atoms with Gasteiger partial charge in [-0.2, -0.15) is 0 Å². The minimum absolute atomic E-state index is 0. The highest BCUT2D eigenvalue weighted by Gasteiger charge is 2.33. The van der Waals surface area contributed by atoms with Crippen molar-refractivity contribution in [2.75, 3.05) is 6.54 Å². The predicted molar refractivity (Wildman–Crippen MR) is 96.1 cm³/mol. The van der Waals surface area contributed by atoms with E-state index in [2.05, 4.69) is 10.2 Å². The second-order valence-electron chi connectivity index (χ2n) is 6.64. The summed E-state index contributed by atoms with van der Waals surface area (Å²) in [5.74, 6) is -0.897. The van der Waals surface area contributed by atoms with E-state index in [1.54, 1.807) is 0 Å². The fourth-order valence-electron chi connectivity index (χ4n) is 3.09. The van der Waals surface area contributed by atoms with Gasteiger partial charge in [-0.15, -0.1) is 12.4 Å². The Morgan fingerprint density at radius 1 is 1.29 bits per heavy atom. The molecule has 0 radical (unpaired) electrons. The zero-order valence-electron chi connectivity index (χ0n) is 14.3. The van der Waals surface area contributed by atoms with Gasteiger partial charge < -0.3 is 10.4 Å². The van der Waals surface area contributed by atoms with Crippen molar-refractivity contribution >= 4 is 24.3 Å². The molecule has 0 bridgehead atoms. The molecular weight excluding hydrogens is 328 g/mol. The number of carbonyl (C=O) groups excluding carboxylic acids is 1. The fourth-order valence-corrected chi connectivity index (χ4v) is 3.09. The molecule has 1 fully saturated rings. The summed E-state index contributed by atoms with van der Waals surface area (Å²) in [6.45, 7) is 5.51. The first kappa shape index (κ1) is 20.5. The molecule has 1 amide bonds. The predicted octanol–water partition coefficient (Wildman–Crippen LogP) is 2.69.